The summed E-state index contributed by atoms with van der Waals surface area (Å²) < 4.78 is 8.69. The summed E-state index contributed by atoms with van der Waals surface area (Å²) in [7, 11) is 1.74. The highest BCUT2D eigenvalue weighted by Crippen LogP contribution is 2.23. The van der Waals surface area contributed by atoms with Gasteiger partial charge in [-0.05, 0) is 6.42 Å². The first-order valence-corrected chi connectivity index (χ1v) is 5.86. The van der Waals surface area contributed by atoms with Crippen molar-refractivity contribution in [2.45, 2.75) is 12.5 Å². The number of imidazole rings is 1. The van der Waals surface area contributed by atoms with Gasteiger partial charge in [0.15, 0.2) is 0 Å². The van der Waals surface area contributed by atoms with Crippen molar-refractivity contribution in [2.24, 2.45) is 7.05 Å². The zero-order valence-corrected chi connectivity index (χ0v) is 10.1. The Kier molecular flexibility index (Phi) is 2.45. The third-order valence-corrected chi connectivity index (χ3v) is 3.42. The van der Waals surface area contributed by atoms with Gasteiger partial charge < -0.3 is 4.74 Å². The molecule has 17 heavy (non-hydrogen) atoms. The summed E-state index contributed by atoms with van der Waals surface area (Å²) in [6, 6.07) is 1.83. The van der Waals surface area contributed by atoms with E-state index >= 15 is 0 Å². The first-order valence-electron chi connectivity index (χ1n) is 5.48. The van der Waals surface area contributed by atoms with Crippen LogP contribution in [0.4, 0.5) is 0 Å². The number of hydrogen-bond donors (Lipinski definition) is 0. The first kappa shape index (κ1) is 10.8. The predicted molar refractivity (Wildman–Crippen MR) is 64.5 cm³/mol. The van der Waals surface area contributed by atoms with E-state index in [2.05, 4.69) is 4.98 Å². The van der Waals surface area contributed by atoms with E-state index < -0.39 is 0 Å². The molecule has 90 valence electrons. The Labute approximate surface area is 103 Å². The molecule has 1 aliphatic heterocycles. The number of aromatic nitrogens is 3. The highest BCUT2D eigenvalue weighted by atomic mass is 35.5. The van der Waals surface area contributed by atoms with Crippen LogP contribution in [0.1, 0.15) is 12.5 Å². The van der Waals surface area contributed by atoms with Gasteiger partial charge in [0.05, 0.1) is 29.9 Å². The van der Waals surface area contributed by atoms with Gasteiger partial charge in [0.2, 0.25) is 0 Å². The molecule has 0 aliphatic carbocycles. The minimum absolute atomic E-state index is 0.0421. The number of rotatable bonds is 1. The predicted octanol–water partition coefficient (Wildman–Crippen LogP) is 1.35. The smallest absolute Gasteiger partial charge is 0.329 e. The molecule has 0 amide bonds. The molecule has 0 aromatic carbocycles. The molecular formula is C11H12ClN3O2. The molecule has 0 bridgehead atoms. The summed E-state index contributed by atoms with van der Waals surface area (Å²) in [5, 5.41) is 0.399. The van der Waals surface area contributed by atoms with Crippen molar-refractivity contribution in [3.05, 3.63) is 27.9 Å². The topological polar surface area (TPSA) is 49.0 Å². The van der Waals surface area contributed by atoms with Crippen LogP contribution in [0, 0.1) is 0 Å². The number of halogens is 1. The SMILES string of the molecule is Cn1c(=O)n(C2CCOC2)c2cc(Cl)ncc21. The van der Waals surface area contributed by atoms with Crippen LogP contribution < -0.4 is 5.69 Å². The monoisotopic (exact) mass is 253 g/mol. The summed E-state index contributed by atoms with van der Waals surface area (Å²) in [5.74, 6) is 0. The lowest BCUT2D eigenvalue weighted by Crippen LogP contribution is -2.26. The molecule has 0 spiro atoms. The minimum Gasteiger partial charge on any atom is -0.379 e. The van der Waals surface area contributed by atoms with Gasteiger partial charge in [-0.1, -0.05) is 11.6 Å². The summed E-state index contributed by atoms with van der Waals surface area (Å²) in [5.41, 5.74) is 1.58. The number of fused-ring (bicyclic) bond motifs is 1. The van der Waals surface area contributed by atoms with Crippen molar-refractivity contribution in [3.8, 4) is 0 Å². The fourth-order valence-electron chi connectivity index (χ4n) is 2.31. The van der Waals surface area contributed by atoms with Crippen LogP contribution in [-0.2, 0) is 11.8 Å². The maximum absolute atomic E-state index is 12.2. The van der Waals surface area contributed by atoms with E-state index in [1.807, 2.05) is 0 Å². The molecule has 1 aliphatic rings. The lowest BCUT2D eigenvalue weighted by molar-refractivity contribution is 0.186. The third-order valence-electron chi connectivity index (χ3n) is 3.21. The highest BCUT2D eigenvalue weighted by molar-refractivity contribution is 6.29. The Balaban J connectivity index is 2.31. The van der Waals surface area contributed by atoms with Crippen molar-refractivity contribution in [1.82, 2.24) is 14.1 Å². The number of ether oxygens (including phenoxy) is 1. The number of hydrogen-bond acceptors (Lipinski definition) is 3. The van der Waals surface area contributed by atoms with Crippen LogP contribution in [-0.4, -0.2) is 27.3 Å². The molecule has 5 nitrogen and oxygen atoms in total. The molecule has 3 rings (SSSR count). The minimum atomic E-state index is -0.0421. The van der Waals surface area contributed by atoms with Crippen LogP contribution in [0.5, 0.6) is 0 Å². The van der Waals surface area contributed by atoms with Gasteiger partial charge in [-0.25, -0.2) is 9.78 Å². The molecule has 0 radical (unpaired) electrons. The van der Waals surface area contributed by atoms with E-state index in [4.69, 9.17) is 16.3 Å². The number of nitrogens with zero attached hydrogens (tertiary/aromatic N) is 3. The van der Waals surface area contributed by atoms with Crippen molar-refractivity contribution < 1.29 is 4.74 Å². The second kappa shape index (κ2) is 3.85. The molecule has 6 heteroatoms. The highest BCUT2D eigenvalue weighted by Gasteiger charge is 2.23. The van der Waals surface area contributed by atoms with E-state index in [9.17, 15) is 4.79 Å². The lowest BCUT2D eigenvalue weighted by Gasteiger charge is -2.09. The fraction of sp³-hybridized carbons (Fsp3) is 0.455. The van der Waals surface area contributed by atoms with Crippen LogP contribution in [0.2, 0.25) is 5.15 Å². The molecule has 2 aromatic rings. The summed E-state index contributed by atoms with van der Waals surface area (Å²) in [6.07, 6.45) is 2.49. The molecule has 0 saturated carbocycles. The van der Waals surface area contributed by atoms with Crippen LogP contribution >= 0.6 is 11.6 Å². The van der Waals surface area contributed by atoms with Gasteiger partial charge >= 0.3 is 5.69 Å². The summed E-state index contributed by atoms with van der Waals surface area (Å²) in [4.78, 5) is 16.2. The van der Waals surface area contributed by atoms with Crippen molar-refractivity contribution >= 4 is 22.6 Å². The molecular weight excluding hydrogens is 242 g/mol. The summed E-state index contributed by atoms with van der Waals surface area (Å²) >= 11 is 5.89. The Hall–Kier alpha value is -1.33. The van der Waals surface area contributed by atoms with Crippen molar-refractivity contribution in [2.75, 3.05) is 13.2 Å². The average molecular weight is 254 g/mol. The largest absolute Gasteiger partial charge is 0.379 e. The van der Waals surface area contributed by atoms with Gasteiger partial charge in [0.25, 0.3) is 0 Å². The Morgan fingerprint density at radius 1 is 1.53 bits per heavy atom. The van der Waals surface area contributed by atoms with E-state index in [-0.39, 0.29) is 11.7 Å². The standard InChI is InChI=1S/C11H12ClN3O2/c1-14-9-5-13-10(12)4-8(9)15(11(14)16)7-2-3-17-6-7/h4-5,7H,2-3,6H2,1H3. The molecule has 3 heterocycles. The van der Waals surface area contributed by atoms with Crippen LogP contribution in [0.25, 0.3) is 11.0 Å². The first-order chi connectivity index (χ1) is 8.18. The zero-order valence-electron chi connectivity index (χ0n) is 9.39. The number of aryl methyl sites for hydroxylation is 1. The van der Waals surface area contributed by atoms with E-state index in [1.54, 1.807) is 28.4 Å². The maximum atomic E-state index is 12.2. The lowest BCUT2D eigenvalue weighted by atomic mass is 10.2. The van der Waals surface area contributed by atoms with Gasteiger partial charge in [-0.2, -0.15) is 0 Å². The van der Waals surface area contributed by atoms with E-state index in [0.29, 0.717) is 18.4 Å². The third kappa shape index (κ3) is 1.57. The quantitative estimate of drug-likeness (QED) is 0.721. The zero-order chi connectivity index (χ0) is 12.0. The molecule has 0 N–H and O–H groups in total. The molecule has 1 fully saturated rings. The van der Waals surface area contributed by atoms with Crippen molar-refractivity contribution in [3.63, 3.8) is 0 Å². The Bertz CT molecular complexity index is 625. The van der Waals surface area contributed by atoms with E-state index in [1.165, 1.54) is 0 Å². The van der Waals surface area contributed by atoms with Gasteiger partial charge in [-0.3, -0.25) is 9.13 Å². The molecule has 1 atom stereocenters. The maximum Gasteiger partial charge on any atom is 0.329 e. The Morgan fingerprint density at radius 3 is 3.06 bits per heavy atom. The molecule has 1 unspecified atom stereocenters. The number of pyridine rings is 1. The second-order valence-electron chi connectivity index (χ2n) is 4.22. The molecule has 2 aromatic heterocycles. The van der Waals surface area contributed by atoms with Gasteiger partial charge in [-0.15, -0.1) is 0 Å². The van der Waals surface area contributed by atoms with Gasteiger partial charge in [0, 0.05) is 19.7 Å². The van der Waals surface area contributed by atoms with E-state index in [0.717, 1.165) is 17.5 Å². The second-order valence-corrected chi connectivity index (χ2v) is 4.61. The van der Waals surface area contributed by atoms with Gasteiger partial charge in [0.1, 0.15) is 5.15 Å². The van der Waals surface area contributed by atoms with Crippen LogP contribution in [0.15, 0.2) is 17.1 Å². The summed E-state index contributed by atoms with van der Waals surface area (Å²) in [6.45, 7) is 1.28. The van der Waals surface area contributed by atoms with Crippen molar-refractivity contribution in [1.29, 1.82) is 0 Å². The Morgan fingerprint density at radius 2 is 2.35 bits per heavy atom. The van der Waals surface area contributed by atoms with Crippen LogP contribution in [0.3, 0.4) is 0 Å². The molecule has 1 saturated heterocycles. The fourth-order valence-corrected chi connectivity index (χ4v) is 2.46. The average Bonchev–Trinajstić information content (AvgIpc) is 2.88. The normalized spacial score (nSPS) is 20.2.